The Labute approximate surface area is 271 Å². The molecule has 0 spiro atoms. The predicted octanol–water partition coefficient (Wildman–Crippen LogP) is 8.26. The summed E-state index contributed by atoms with van der Waals surface area (Å²) in [6, 6.07) is 15.9. The van der Waals surface area contributed by atoms with Crippen molar-refractivity contribution in [2.24, 2.45) is 46.3 Å². The number of anilines is 2. The highest BCUT2D eigenvalue weighted by molar-refractivity contribution is 5.75. The molecule has 5 N–H and O–H groups in total. The monoisotopic (exact) mass is 615 g/mol. The number of nitrogen functional groups attached to an aromatic ring is 2. The van der Waals surface area contributed by atoms with E-state index >= 15 is 0 Å². The Kier molecular flexibility index (Phi) is 9.32. The summed E-state index contributed by atoms with van der Waals surface area (Å²) in [6.07, 6.45) is 12.5. The van der Waals surface area contributed by atoms with Gasteiger partial charge in [-0.05, 0) is 129 Å². The molecule has 0 bridgehead atoms. The van der Waals surface area contributed by atoms with Crippen LogP contribution in [0, 0.1) is 46.3 Å². The van der Waals surface area contributed by atoms with Crippen LogP contribution < -0.4 is 26.3 Å². The summed E-state index contributed by atoms with van der Waals surface area (Å²) in [5.41, 5.74) is 14.3. The van der Waals surface area contributed by atoms with E-state index in [2.05, 4.69) is 39.1 Å². The van der Waals surface area contributed by atoms with Gasteiger partial charge in [0.15, 0.2) is 0 Å². The van der Waals surface area contributed by atoms with Crippen LogP contribution >= 0.6 is 0 Å². The van der Waals surface area contributed by atoms with E-state index in [1.54, 1.807) is 0 Å². The maximum absolute atomic E-state index is 12.4. The van der Waals surface area contributed by atoms with E-state index in [0.29, 0.717) is 47.3 Å². The lowest BCUT2D eigenvalue weighted by Crippen LogP contribution is -2.59. The molecule has 0 aliphatic heterocycles. The zero-order valence-corrected chi connectivity index (χ0v) is 28.1. The second-order valence-electron chi connectivity index (χ2n) is 15.6. The number of benzene rings is 2. The summed E-state index contributed by atoms with van der Waals surface area (Å²) in [5, 5.41) is 3.08. The number of carbonyl (C=O) groups is 1. The van der Waals surface area contributed by atoms with Crippen molar-refractivity contribution in [1.29, 1.82) is 0 Å². The van der Waals surface area contributed by atoms with Crippen molar-refractivity contribution in [2.75, 3.05) is 18.0 Å². The topological polar surface area (TPSA) is 99.6 Å². The Bertz CT molecular complexity index is 1330. The molecule has 0 heterocycles. The van der Waals surface area contributed by atoms with Gasteiger partial charge >= 0.3 is 0 Å². The molecule has 6 heteroatoms. The van der Waals surface area contributed by atoms with E-state index in [1.807, 2.05) is 42.5 Å². The lowest BCUT2D eigenvalue weighted by atomic mass is 9.43. The summed E-state index contributed by atoms with van der Waals surface area (Å²) >= 11 is 0. The average Bonchev–Trinajstić information content (AvgIpc) is 3.37. The van der Waals surface area contributed by atoms with Crippen molar-refractivity contribution in [3.63, 3.8) is 0 Å². The molecular formula is C39H57N3O3. The highest BCUT2D eigenvalue weighted by Gasteiger charge is 2.63. The first-order chi connectivity index (χ1) is 21.6. The van der Waals surface area contributed by atoms with E-state index < -0.39 is 0 Å². The number of nitrogens with two attached hydrogens (primary N) is 2. The van der Waals surface area contributed by atoms with Crippen LogP contribution in [-0.4, -0.2) is 24.7 Å². The second-order valence-corrected chi connectivity index (χ2v) is 15.6. The molecule has 4 aliphatic rings. The number of hydrogen-bond acceptors (Lipinski definition) is 5. The van der Waals surface area contributed by atoms with Crippen molar-refractivity contribution < 1.29 is 14.3 Å². The number of carbonyl (C=O) groups excluding carboxylic acids is 1. The van der Waals surface area contributed by atoms with Crippen molar-refractivity contribution in [3.05, 3.63) is 48.5 Å². The molecular weight excluding hydrogens is 558 g/mol. The average molecular weight is 616 g/mol. The van der Waals surface area contributed by atoms with Gasteiger partial charge in [0.2, 0.25) is 5.91 Å². The zero-order valence-electron chi connectivity index (χ0n) is 28.1. The van der Waals surface area contributed by atoms with E-state index in [-0.39, 0.29) is 23.5 Å². The molecule has 246 valence electrons. The largest absolute Gasteiger partial charge is 0.490 e. The van der Waals surface area contributed by atoms with Crippen LogP contribution in [-0.2, 0) is 4.79 Å². The van der Waals surface area contributed by atoms with Gasteiger partial charge in [-0.1, -0.05) is 39.8 Å². The quantitative estimate of drug-likeness (QED) is 0.234. The maximum Gasteiger partial charge on any atom is 0.220 e. The standard InChI is InChI=1S/C39H57N3O3/c1-5-20-42-37(43)15-12-25(2)32-13-14-33-31-24-36(45-29-11-7-9-27(41)22-29)35-23-30(44-28-10-6-8-26(40)21-28)16-18-39(35,4)34(31)17-19-38(32,33)3/h6-11,21-22,25,30-36H,5,12-20,23-24,40-41H2,1-4H3,(H,42,43)/t25-,30?,31+,32-,33+,34+,35?,36?,38-,39-/m1/s1. The molecule has 1 amide bonds. The fourth-order valence-electron chi connectivity index (χ4n) is 10.9. The number of ether oxygens (including phenoxy) is 2. The summed E-state index contributed by atoms with van der Waals surface area (Å²) in [7, 11) is 0. The molecule has 45 heavy (non-hydrogen) atoms. The minimum atomic E-state index is 0.131. The lowest BCUT2D eigenvalue weighted by Gasteiger charge is -2.63. The highest BCUT2D eigenvalue weighted by atomic mass is 16.5. The summed E-state index contributed by atoms with van der Waals surface area (Å²) in [6.45, 7) is 10.5. The molecule has 0 saturated heterocycles. The summed E-state index contributed by atoms with van der Waals surface area (Å²) in [4.78, 5) is 12.4. The second kappa shape index (κ2) is 13.1. The molecule has 4 saturated carbocycles. The van der Waals surface area contributed by atoms with Crippen LogP contribution in [0.15, 0.2) is 48.5 Å². The first-order valence-electron chi connectivity index (χ1n) is 17.9. The molecule has 2 aromatic carbocycles. The van der Waals surface area contributed by atoms with Crippen molar-refractivity contribution in [3.8, 4) is 11.5 Å². The van der Waals surface area contributed by atoms with E-state index in [0.717, 1.165) is 61.5 Å². The first-order valence-corrected chi connectivity index (χ1v) is 17.9. The normalized spacial score (nSPS) is 36.2. The Hall–Kier alpha value is -2.89. The predicted molar refractivity (Wildman–Crippen MR) is 183 cm³/mol. The minimum absolute atomic E-state index is 0.131. The van der Waals surface area contributed by atoms with Crippen molar-refractivity contribution >= 4 is 17.3 Å². The van der Waals surface area contributed by atoms with Gasteiger partial charge < -0.3 is 26.3 Å². The minimum Gasteiger partial charge on any atom is -0.490 e. The molecule has 0 radical (unpaired) electrons. The molecule has 6 rings (SSSR count). The molecule has 3 unspecified atom stereocenters. The molecule has 6 nitrogen and oxygen atoms in total. The van der Waals surface area contributed by atoms with Crippen molar-refractivity contribution in [1.82, 2.24) is 5.32 Å². The van der Waals surface area contributed by atoms with E-state index in [4.69, 9.17) is 20.9 Å². The first kappa shape index (κ1) is 32.1. The number of amides is 1. The van der Waals surface area contributed by atoms with Crippen LogP contribution in [0.1, 0.15) is 98.3 Å². The van der Waals surface area contributed by atoms with Gasteiger partial charge in [-0.2, -0.15) is 0 Å². The van der Waals surface area contributed by atoms with Crippen LogP contribution in [0.2, 0.25) is 0 Å². The third-order valence-corrected chi connectivity index (χ3v) is 13.1. The van der Waals surface area contributed by atoms with Gasteiger partial charge in [-0.15, -0.1) is 0 Å². The summed E-state index contributed by atoms with van der Waals surface area (Å²) in [5.74, 6) is 5.72. The molecule has 2 aromatic rings. The zero-order chi connectivity index (χ0) is 31.8. The van der Waals surface area contributed by atoms with Gasteiger partial charge in [0.05, 0.1) is 6.10 Å². The van der Waals surface area contributed by atoms with Crippen LogP contribution in [0.4, 0.5) is 11.4 Å². The van der Waals surface area contributed by atoms with Gasteiger partial charge in [0, 0.05) is 42.4 Å². The van der Waals surface area contributed by atoms with Gasteiger partial charge in [-0.3, -0.25) is 4.79 Å². The molecule has 4 fully saturated rings. The number of nitrogens with one attached hydrogen (secondary N) is 1. The fraction of sp³-hybridized carbons (Fsp3) is 0.667. The fourth-order valence-corrected chi connectivity index (χ4v) is 10.9. The van der Waals surface area contributed by atoms with Crippen LogP contribution in [0.3, 0.4) is 0 Å². The number of hydrogen-bond donors (Lipinski definition) is 3. The molecule has 10 atom stereocenters. The number of rotatable bonds is 10. The lowest BCUT2D eigenvalue weighted by molar-refractivity contribution is -0.164. The van der Waals surface area contributed by atoms with Gasteiger partial charge in [0.1, 0.15) is 17.6 Å². The summed E-state index contributed by atoms with van der Waals surface area (Å²) < 4.78 is 13.6. The van der Waals surface area contributed by atoms with E-state index in [1.165, 1.54) is 32.1 Å². The van der Waals surface area contributed by atoms with Gasteiger partial charge in [0.25, 0.3) is 0 Å². The van der Waals surface area contributed by atoms with Crippen LogP contribution in [0.5, 0.6) is 11.5 Å². The number of fused-ring (bicyclic) bond motifs is 5. The Morgan fingerprint density at radius 3 is 2.24 bits per heavy atom. The highest BCUT2D eigenvalue weighted by Crippen LogP contribution is 2.68. The Morgan fingerprint density at radius 2 is 1.56 bits per heavy atom. The smallest absolute Gasteiger partial charge is 0.220 e. The Balaban J connectivity index is 1.22. The Morgan fingerprint density at radius 1 is 0.889 bits per heavy atom. The van der Waals surface area contributed by atoms with Gasteiger partial charge in [-0.25, -0.2) is 0 Å². The van der Waals surface area contributed by atoms with Crippen molar-refractivity contribution in [2.45, 2.75) is 111 Å². The molecule has 4 aliphatic carbocycles. The van der Waals surface area contributed by atoms with Crippen LogP contribution in [0.25, 0.3) is 0 Å². The van der Waals surface area contributed by atoms with E-state index in [9.17, 15) is 4.79 Å². The molecule has 0 aromatic heterocycles. The third kappa shape index (κ3) is 6.40. The SMILES string of the molecule is CCCNC(=O)CC[C@@H](C)[C@H]1CC[C@H]2[C@@H]3CC(Oc4cccc(N)c4)C4CC(Oc5cccc(N)c5)CC[C@]4(C)[C@H]3CC[C@]12C. The third-order valence-electron chi connectivity index (χ3n) is 13.1. The maximum atomic E-state index is 12.4.